The van der Waals surface area contributed by atoms with Crippen LogP contribution in [0.25, 0.3) is 0 Å². The molecule has 0 spiro atoms. The van der Waals surface area contributed by atoms with Crippen LogP contribution in [0.3, 0.4) is 0 Å². The third kappa shape index (κ3) is 8.19. The standard InChI is InChI=1S/C21H25FN6O2S.HI/c1-23-21(26-11-19-9-20(22)7-6-18(19)13-31(2,29)30)25-10-16-4-3-5-17(8-16)12-28-15-24-14-27-28;/h3-9,14-15H,10-13H2,1-2H3,(H2,23,25,26);1H. The lowest BCUT2D eigenvalue weighted by Gasteiger charge is -2.15. The minimum atomic E-state index is -3.23. The van der Waals surface area contributed by atoms with Crippen LogP contribution >= 0.6 is 24.0 Å². The van der Waals surface area contributed by atoms with Crippen molar-refractivity contribution in [3.8, 4) is 0 Å². The van der Waals surface area contributed by atoms with Crippen molar-refractivity contribution in [3.63, 3.8) is 0 Å². The zero-order valence-electron chi connectivity index (χ0n) is 17.8. The number of rotatable bonds is 8. The second-order valence-corrected chi connectivity index (χ2v) is 9.32. The van der Waals surface area contributed by atoms with Crippen molar-refractivity contribution in [1.82, 2.24) is 25.4 Å². The number of guanidine groups is 1. The molecule has 3 aromatic rings. The maximum absolute atomic E-state index is 13.7. The molecule has 8 nitrogen and oxygen atoms in total. The minimum absolute atomic E-state index is 0. The van der Waals surface area contributed by atoms with Gasteiger partial charge in [-0.05, 0) is 34.4 Å². The van der Waals surface area contributed by atoms with Gasteiger partial charge in [-0.25, -0.2) is 22.5 Å². The number of halogens is 2. The number of nitrogens with zero attached hydrogens (tertiary/aromatic N) is 4. The highest BCUT2D eigenvalue weighted by atomic mass is 127. The monoisotopic (exact) mass is 572 g/mol. The van der Waals surface area contributed by atoms with Gasteiger partial charge < -0.3 is 10.6 Å². The molecular weight excluding hydrogens is 546 g/mol. The third-order valence-corrected chi connectivity index (χ3v) is 5.35. The Bertz CT molecular complexity index is 1150. The Kier molecular flexibility index (Phi) is 9.57. The molecule has 3 rings (SSSR count). The Labute approximate surface area is 204 Å². The molecule has 0 atom stereocenters. The highest BCUT2D eigenvalue weighted by Gasteiger charge is 2.11. The molecule has 0 aliphatic heterocycles. The highest BCUT2D eigenvalue weighted by Crippen LogP contribution is 2.14. The number of hydrogen-bond donors (Lipinski definition) is 2. The van der Waals surface area contributed by atoms with Crippen LogP contribution in [-0.2, 0) is 35.2 Å². The molecule has 172 valence electrons. The molecule has 2 N–H and O–H groups in total. The number of sulfone groups is 1. The fourth-order valence-electron chi connectivity index (χ4n) is 3.11. The van der Waals surface area contributed by atoms with E-state index in [0.29, 0.717) is 30.2 Å². The van der Waals surface area contributed by atoms with Gasteiger partial charge in [-0.15, -0.1) is 24.0 Å². The molecule has 0 amide bonds. The van der Waals surface area contributed by atoms with Crippen molar-refractivity contribution in [2.75, 3.05) is 13.3 Å². The van der Waals surface area contributed by atoms with E-state index >= 15 is 0 Å². The van der Waals surface area contributed by atoms with E-state index < -0.39 is 15.7 Å². The molecule has 0 saturated heterocycles. The second kappa shape index (κ2) is 11.9. The maximum Gasteiger partial charge on any atom is 0.191 e. The van der Waals surface area contributed by atoms with Crippen molar-refractivity contribution >= 4 is 39.8 Å². The van der Waals surface area contributed by atoms with E-state index in [1.807, 2.05) is 18.2 Å². The quantitative estimate of drug-likeness (QED) is 0.245. The van der Waals surface area contributed by atoms with Gasteiger partial charge in [-0.1, -0.05) is 30.3 Å². The Morgan fingerprint density at radius 3 is 2.53 bits per heavy atom. The van der Waals surface area contributed by atoms with Crippen molar-refractivity contribution in [3.05, 3.63) is 83.2 Å². The van der Waals surface area contributed by atoms with Gasteiger partial charge in [0.05, 0.1) is 12.3 Å². The Balaban J connectivity index is 0.00000363. The number of aliphatic imine (C=N–C) groups is 1. The van der Waals surface area contributed by atoms with Crippen LogP contribution in [0.5, 0.6) is 0 Å². The molecule has 0 aliphatic rings. The van der Waals surface area contributed by atoms with Crippen molar-refractivity contribution < 1.29 is 12.8 Å². The van der Waals surface area contributed by atoms with Crippen molar-refractivity contribution in [1.29, 1.82) is 0 Å². The van der Waals surface area contributed by atoms with Crippen LogP contribution in [-0.4, -0.2) is 42.4 Å². The van der Waals surface area contributed by atoms with Gasteiger partial charge in [0.1, 0.15) is 18.5 Å². The van der Waals surface area contributed by atoms with E-state index in [9.17, 15) is 12.8 Å². The molecule has 32 heavy (non-hydrogen) atoms. The van der Waals surface area contributed by atoms with Crippen LogP contribution < -0.4 is 10.6 Å². The van der Waals surface area contributed by atoms with Gasteiger partial charge in [0.15, 0.2) is 15.8 Å². The van der Waals surface area contributed by atoms with Gasteiger partial charge in [0.2, 0.25) is 0 Å². The zero-order chi connectivity index (χ0) is 22.3. The van der Waals surface area contributed by atoms with Gasteiger partial charge in [-0.2, -0.15) is 5.10 Å². The molecule has 1 aromatic heterocycles. The fourth-order valence-corrected chi connectivity index (χ4v) is 3.95. The zero-order valence-corrected chi connectivity index (χ0v) is 21.0. The van der Waals surface area contributed by atoms with Crippen molar-refractivity contribution in [2.24, 2.45) is 4.99 Å². The Morgan fingerprint density at radius 2 is 1.84 bits per heavy atom. The minimum Gasteiger partial charge on any atom is -0.352 e. The van der Waals surface area contributed by atoms with E-state index in [-0.39, 0.29) is 36.3 Å². The normalized spacial score (nSPS) is 11.7. The van der Waals surface area contributed by atoms with Gasteiger partial charge >= 0.3 is 0 Å². The highest BCUT2D eigenvalue weighted by molar-refractivity contribution is 14.0. The predicted molar refractivity (Wildman–Crippen MR) is 133 cm³/mol. The summed E-state index contributed by atoms with van der Waals surface area (Å²) in [5, 5.41) is 10.4. The first-order valence-corrected chi connectivity index (χ1v) is 11.7. The molecular formula is C21H26FIN6O2S. The molecule has 11 heteroatoms. The molecule has 2 aromatic carbocycles. The van der Waals surface area contributed by atoms with Crippen LogP contribution in [0.4, 0.5) is 4.39 Å². The molecule has 0 bridgehead atoms. The Morgan fingerprint density at radius 1 is 1.09 bits per heavy atom. The van der Waals surface area contributed by atoms with E-state index in [1.165, 1.54) is 24.5 Å². The molecule has 0 saturated carbocycles. The first-order chi connectivity index (χ1) is 14.8. The summed E-state index contributed by atoms with van der Waals surface area (Å²) < 4.78 is 38.8. The van der Waals surface area contributed by atoms with Crippen LogP contribution in [0.2, 0.25) is 0 Å². The van der Waals surface area contributed by atoms with Gasteiger partial charge in [-0.3, -0.25) is 4.99 Å². The molecule has 0 unspecified atom stereocenters. The molecule has 1 heterocycles. The summed E-state index contributed by atoms with van der Waals surface area (Å²) in [7, 11) is -1.59. The Hall–Kier alpha value is -2.54. The largest absolute Gasteiger partial charge is 0.352 e. The lowest BCUT2D eigenvalue weighted by Crippen LogP contribution is -2.36. The first-order valence-electron chi connectivity index (χ1n) is 9.62. The summed E-state index contributed by atoms with van der Waals surface area (Å²) >= 11 is 0. The molecule has 0 radical (unpaired) electrons. The number of benzene rings is 2. The van der Waals surface area contributed by atoms with Gasteiger partial charge in [0, 0.05) is 26.4 Å². The summed E-state index contributed by atoms with van der Waals surface area (Å²) in [5.41, 5.74) is 3.29. The third-order valence-electron chi connectivity index (χ3n) is 4.52. The smallest absolute Gasteiger partial charge is 0.191 e. The average molecular weight is 572 g/mol. The summed E-state index contributed by atoms with van der Waals surface area (Å²) in [6.45, 7) is 1.41. The second-order valence-electron chi connectivity index (χ2n) is 7.18. The number of aromatic nitrogens is 3. The average Bonchev–Trinajstić information content (AvgIpc) is 3.22. The number of nitrogens with one attached hydrogen (secondary N) is 2. The molecule has 0 fully saturated rings. The first kappa shape index (κ1) is 25.7. The van der Waals surface area contributed by atoms with Crippen LogP contribution in [0.15, 0.2) is 60.1 Å². The van der Waals surface area contributed by atoms with Crippen molar-refractivity contribution in [2.45, 2.75) is 25.4 Å². The lowest BCUT2D eigenvalue weighted by atomic mass is 10.1. The van der Waals surface area contributed by atoms with E-state index in [0.717, 1.165) is 17.4 Å². The molecule has 0 aliphatic carbocycles. The van der Waals surface area contributed by atoms with E-state index in [2.05, 4.69) is 31.8 Å². The van der Waals surface area contributed by atoms with E-state index in [1.54, 1.807) is 18.1 Å². The van der Waals surface area contributed by atoms with Crippen LogP contribution in [0, 0.1) is 5.82 Å². The van der Waals surface area contributed by atoms with Gasteiger partial charge in [0.25, 0.3) is 0 Å². The van der Waals surface area contributed by atoms with E-state index in [4.69, 9.17) is 0 Å². The summed E-state index contributed by atoms with van der Waals surface area (Å²) in [5.74, 6) is -0.0352. The summed E-state index contributed by atoms with van der Waals surface area (Å²) in [4.78, 5) is 8.13. The SMILES string of the molecule is CN=C(NCc1cccc(Cn2cncn2)c1)NCc1cc(F)ccc1CS(C)(=O)=O.I. The summed E-state index contributed by atoms with van der Waals surface area (Å²) in [6.07, 6.45) is 4.33. The predicted octanol–water partition coefficient (Wildman–Crippen LogP) is 2.49. The lowest BCUT2D eigenvalue weighted by molar-refractivity contribution is 0.599. The van der Waals surface area contributed by atoms with Crippen LogP contribution in [0.1, 0.15) is 22.3 Å². The number of hydrogen-bond acceptors (Lipinski definition) is 5. The summed E-state index contributed by atoms with van der Waals surface area (Å²) in [6, 6.07) is 12.2. The fraction of sp³-hybridized carbons (Fsp3) is 0.286. The topological polar surface area (TPSA) is 101 Å². The maximum atomic E-state index is 13.7.